The highest BCUT2D eigenvalue weighted by molar-refractivity contribution is 6.93. The molecular weight excluding hydrogens is 264 g/mol. The van der Waals surface area contributed by atoms with E-state index in [1.54, 1.807) is 5.19 Å². The first-order chi connectivity index (χ1) is 9.67. The molecule has 1 aliphatic heterocycles. The van der Waals surface area contributed by atoms with Crippen molar-refractivity contribution in [2.75, 3.05) is 6.61 Å². The summed E-state index contributed by atoms with van der Waals surface area (Å²) in [7, 11) is -1.52. The first-order valence-electron chi connectivity index (χ1n) is 7.99. The maximum atomic E-state index is 9.03. The van der Waals surface area contributed by atoms with Gasteiger partial charge in [0.05, 0.1) is 11.8 Å². The zero-order valence-electron chi connectivity index (χ0n) is 13.0. The van der Waals surface area contributed by atoms with Crippen molar-refractivity contribution >= 4 is 13.3 Å². The van der Waals surface area contributed by atoms with E-state index in [1.165, 1.54) is 12.1 Å². The zero-order valence-corrected chi connectivity index (χ0v) is 14.0. The topological polar surface area (TPSA) is 32.8 Å². The van der Waals surface area contributed by atoms with Crippen LogP contribution in [0.3, 0.4) is 0 Å². The largest absolute Gasteiger partial charge is 0.396 e. The van der Waals surface area contributed by atoms with Crippen molar-refractivity contribution in [2.24, 2.45) is 5.92 Å². The third kappa shape index (κ3) is 3.16. The first kappa shape index (κ1) is 15.7. The van der Waals surface area contributed by atoms with Gasteiger partial charge in [-0.05, 0) is 18.8 Å². The number of aliphatic hydroxyl groups is 1. The fraction of sp³-hybridized carbons (Fsp3) is 0.647. The zero-order chi connectivity index (χ0) is 14.6. The molecule has 20 heavy (non-hydrogen) atoms. The van der Waals surface area contributed by atoms with Crippen molar-refractivity contribution in [1.82, 2.24) is 0 Å². The summed E-state index contributed by atoms with van der Waals surface area (Å²) < 4.78 is 6.12. The Morgan fingerprint density at radius 3 is 2.40 bits per heavy atom. The molecule has 2 rings (SSSR count). The Kier molecular flexibility index (Phi) is 5.41. The van der Waals surface area contributed by atoms with Crippen LogP contribution in [0.15, 0.2) is 30.3 Å². The Hall–Kier alpha value is -0.643. The molecule has 0 spiro atoms. The summed E-state index contributed by atoms with van der Waals surface area (Å²) in [5.74, 6) is 0.561. The molecule has 3 atom stereocenters. The molecule has 1 N–H and O–H groups in total. The van der Waals surface area contributed by atoms with E-state index in [1.807, 2.05) is 0 Å². The highest BCUT2D eigenvalue weighted by atomic mass is 28.3. The Bertz CT molecular complexity index is 403. The maximum Gasteiger partial charge on any atom is 0.122 e. The molecule has 2 nitrogen and oxygen atoms in total. The Balaban J connectivity index is 2.08. The van der Waals surface area contributed by atoms with Gasteiger partial charge in [-0.2, -0.15) is 0 Å². The maximum absolute atomic E-state index is 9.03. The minimum absolute atomic E-state index is 0.293. The van der Waals surface area contributed by atoms with Gasteiger partial charge in [-0.15, -0.1) is 0 Å². The molecule has 1 saturated heterocycles. The first-order valence-corrected chi connectivity index (χ1v) is 10.5. The molecule has 3 heteroatoms. The molecule has 1 fully saturated rings. The Labute approximate surface area is 124 Å². The summed E-state index contributed by atoms with van der Waals surface area (Å²) in [4.78, 5) is 0. The Morgan fingerprint density at radius 1 is 1.20 bits per heavy atom. The molecule has 0 aromatic heterocycles. The van der Waals surface area contributed by atoms with Gasteiger partial charge < -0.3 is 9.84 Å². The van der Waals surface area contributed by atoms with Crippen LogP contribution in [0, 0.1) is 5.92 Å². The molecule has 112 valence electrons. The Morgan fingerprint density at radius 2 is 1.85 bits per heavy atom. The molecule has 0 bridgehead atoms. The smallest absolute Gasteiger partial charge is 0.122 e. The van der Waals surface area contributed by atoms with Gasteiger partial charge in [-0.25, -0.2) is 0 Å². The van der Waals surface area contributed by atoms with Gasteiger partial charge in [-0.1, -0.05) is 68.4 Å². The van der Waals surface area contributed by atoms with E-state index in [-0.39, 0.29) is 0 Å². The second-order valence-corrected chi connectivity index (χ2v) is 11.1. The van der Waals surface area contributed by atoms with Gasteiger partial charge in [0.15, 0.2) is 0 Å². The number of hydrogen-bond donors (Lipinski definition) is 1. The molecule has 0 saturated carbocycles. The van der Waals surface area contributed by atoms with Crippen LogP contribution in [0.4, 0.5) is 0 Å². The second-order valence-electron chi connectivity index (χ2n) is 6.18. The number of ether oxygens (including phenoxy) is 1. The summed E-state index contributed by atoms with van der Waals surface area (Å²) in [5, 5.41) is 10.6. The van der Waals surface area contributed by atoms with Crippen molar-refractivity contribution in [3.05, 3.63) is 30.3 Å². The number of aliphatic hydroxyl groups excluding tert-OH is 1. The lowest BCUT2D eigenvalue weighted by Crippen LogP contribution is -2.53. The van der Waals surface area contributed by atoms with Crippen molar-refractivity contribution in [3.63, 3.8) is 0 Å². The summed E-state index contributed by atoms with van der Waals surface area (Å²) in [6.45, 7) is 7.18. The number of rotatable bonds is 8. The summed E-state index contributed by atoms with van der Waals surface area (Å²) in [6, 6.07) is 13.5. The van der Waals surface area contributed by atoms with E-state index < -0.39 is 8.07 Å². The van der Waals surface area contributed by atoms with Crippen molar-refractivity contribution in [3.8, 4) is 0 Å². The third-order valence-electron chi connectivity index (χ3n) is 4.99. The third-order valence-corrected chi connectivity index (χ3v) is 10.6. The van der Waals surface area contributed by atoms with Crippen LogP contribution in [-0.4, -0.2) is 31.6 Å². The van der Waals surface area contributed by atoms with Crippen LogP contribution in [0.5, 0.6) is 0 Å². The SMILES string of the molecule is CC[Si](CC)(c1ccccc1)[C@@H]1O[C@H]1C[C@@H](C)CCO. The minimum Gasteiger partial charge on any atom is -0.396 e. The molecule has 1 aliphatic rings. The van der Waals surface area contributed by atoms with Gasteiger partial charge in [0.2, 0.25) is 0 Å². The number of benzene rings is 1. The van der Waals surface area contributed by atoms with Gasteiger partial charge in [0.25, 0.3) is 0 Å². The monoisotopic (exact) mass is 292 g/mol. The van der Waals surface area contributed by atoms with E-state index in [9.17, 15) is 0 Å². The highest BCUT2D eigenvalue weighted by Gasteiger charge is 2.54. The molecular formula is C17H28O2Si. The lowest BCUT2D eigenvalue weighted by molar-refractivity contribution is 0.249. The number of epoxide rings is 1. The van der Waals surface area contributed by atoms with Crippen molar-refractivity contribution < 1.29 is 9.84 Å². The lowest BCUT2D eigenvalue weighted by atomic mass is 10.0. The second kappa shape index (κ2) is 6.88. The van der Waals surface area contributed by atoms with E-state index in [4.69, 9.17) is 9.84 Å². The summed E-state index contributed by atoms with van der Waals surface area (Å²) in [5.41, 5.74) is 0.487. The molecule has 0 radical (unpaired) electrons. The summed E-state index contributed by atoms with van der Waals surface area (Å²) in [6.07, 6.45) is 2.43. The van der Waals surface area contributed by atoms with Gasteiger partial charge in [0.1, 0.15) is 8.07 Å². The van der Waals surface area contributed by atoms with Crippen LogP contribution in [-0.2, 0) is 4.74 Å². The molecule has 1 heterocycles. The van der Waals surface area contributed by atoms with Crippen LogP contribution < -0.4 is 5.19 Å². The van der Waals surface area contributed by atoms with Gasteiger partial charge in [-0.3, -0.25) is 0 Å². The number of hydrogen-bond acceptors (Lipinski definition) is 2. The molecule has 0 amide bonds. The highest BCUT2D eigenvalue weighted by Crippen LogP contribution is 2.39. The van der Waals surface area contributed by atoms with E-state index in [0.29, 0.717) is 24.4 Å². The minimum atomic E-state index is -1.52. The average molecular weight is 292 g/mol. The fourth-order valence-electron chi connectivity index (χ4n) is 3.54. The molecule has 0 unspecified atom stereocenters. The standard InChI is InChI=1S/C17H28O2Si/c1-4-20(5-2,15-9-7-6-8-10-15)17-16(19-17)13-14(3)11-12-18/h6-10,14,16-18H,4-5,11-13H2,1-3H3/t14-,16-,17-/m0/s1. The predicted molar refractivity (Wildman–Crippen MR) is 86.9 cm³/mol. The average Bonchev–Trinajstić information content (AvgIpc) is 3.22. The van der Waals surface area contributed by atoms with E-state index in [0.717, 1.165) is 12.8 Å². The lowest BCUT2D eigenvalue weighted by Gasteiger charge is -2.28. The molecule has 0 aliphatic carbocycles. The molecule has 1 aromatic carbocycles. The van der Waals surface area contributed by atoms with Crippen LogP contribution in [0.2, 0.25) is 12.1 Å². The normalized spacial score (nSPS) is 23.6. The predicted octanol–water partition coefficient (Wildman–Crippen LogP) is 3.10. The van der Waals surface area contributed by atoms with Crippen molar-refractivity contribution in [1.29, 1.82) is 0 Å². The van der Waals surface area contributed by atoms with Crippen molar-refractivity contribution in [2.45, 2.75) is 57.5 Å². The van der Waals surface area contributed by atoms with E-state index in [2.05, 4.69) is 51.1 Å². The van der Waals surface area contributed by atoms with Crippen LogP contribution in [0.25, 0.3) is 0 Å². The van der Waals surface area contributed by atoms with Crippen LogP contribution >= 0.6 is 0 Å². The summed E-state index contributed by atoms with van der Waals surface area (Å²) >= 11 is 0. The van der Waals surface area contributed by atoms with Gasteiger partial charge in [0, 0.05) is 6.61 Å². The van der Waals surface area contributed by atoms with E-state index >= 15 is 0 Å². The van der Waals surface area contributed by atoms with Gasteiger partial charge >= 0.3 is 0 Å². The fourth-order valence-corrected chi connectivity index (χ4v) is 8.13. The quantitative estimate of drug-likeness (QED) is 0.590. The molecule has 1 aromatic rings. The van der Waals surface area contributed by atoms with Crippen LogP contribution in [0.1, 0.15) is 33.6 Å².